The highest BCUT2D eigenvalue weighted by Crippen LogP contribution is 2.22. The predicted molar refractivity (Wildman–Crippen MR) is 48.9 cm³/mol. The highest BCUT2D eigenvalue weighted by molar-refractivity contribution is 5.90. The summed E-state index contributed by atoms with van der Waals surface area (Å²) < 4.78 is 58.4. The van der Waals surface area contributed by atoms with Gasteiger partial charge in [0.2, 0.25) is 0 Å². The van der Waals surface area contributed by atoms with E-state index in [1.807, 2.05) is 0 Å². The molecule has 0 amide bonds. The van der Waals surface area contributed by atoms with Gasteiger partial charge in [-0.1, -0.05) is 0 Å². The van der Waals surface area contributed by atoms with E-state index >= 15 is 0 Å². The van der Waals surface area contributed by atoms with Crippen molar-refractivity contribution in [2.75, 3.05) is 6.61 Å². The van der Waals surface area contributed by atoms with E-state index in [0.29, 0.717) is 12.1 Å². The maximum absolute atomic E-state index is 13.3. The molecule has 0 saturated carbocycles. The average Bonchev–Trinajstić information content (AvgIpc) is 2.15. The van der Waals surface area contributed by atoms with Gasteiger partial charge in [-0.25, -0.2) is 13.6 Å². The van der Waals surface area contributed by atoms with Crippen LogP contribution in [0, 0.1) is 11.6 Å². The Kier molecular flexibility index (Phi) is 4.30. The number of rotatable bonds is 4. The Morgan fingerprint density at radius 3 is 2.24 bits per heavy atom. The summed E-state index contributed by atoms with van der Waals surface area (Å²) in [4.78, 5) is 11.1. The summed E-state index contributed by atoms with van der Waals surface area (Å²) in [5.41, 5.74) is -0.937. The molecule has 1 aromatic carbocycles. The Balaban J connectivity index is 3.06. The molecule has 7 heteroatoms. The molecule has 0 saturated heterocycles. The van der Waals surface area contributed by atoms with E-state index < -0.39 is 35.5 Å². The van der Waals surface area contributed by atoms with Gasteiger partial charge in [-0.05, 0) is 6.92 Å². The number of ether oxygens (including phenoxy) is 2. The lowest BCUT2D eigenvalue weighted by Gasteiger charge is -2.08. The van der Waals surface area contributed by atoms with Crippen molar-refractivity contribution >= 4 is 5.97 Å². The van der Waals surface area contributed by atoms with Crippen LogP contribution in [-0.4, -0.2) is 19.2 Å². The molecule has 0 radical (unpaired) electrons. The molecule has 0 aliphatic rings. The van der Waals surface area contributed by atoms with E-state index in [-0.39, 0.29) is 6.61 Å². The first-order valence-electron chi connectivity index (χ1n) is 4.56. The number of halogens is 4. The first-order valence-corrected chi connectivity index (χ1v) is 4.56. The van der Waals surface area contributed by atoms with Crippen LogP contribution in [0.15, 0.2) is 12.1 Å². The van der Waals surface area contributed by atoms with Crippen LogP contribution in [0.25, 0.3) is 0 Å². The molecule has 0 heterocycles. The summed E-state index contributed by atoms with van der Waals surface area (Å²) in [5, 5.41) is 0. The largest absolute Gasteiger partial charge is 0.462 e. The van der Waals surface area contributed by atoms with Gasteiger partial charge in [-0.2, -0.15) is 8.78 Å². The van der Waals surface area contributed by atoms with Crippen LogP contribution in [0.4, 0.5) is 17.6 Å². The van der Waals surface area contributed by atoms with Gasteiger partial charge in [0.1, 0.15) is 22.9 Å². The van der Waals surface area contributed by atoms with E-state index in [0.717, 1.165) is 0 Å². The highest BCUT2D eigenvalue weighted by atomic mass is 19.3. The second-order valence-corrected chi connectivity index (χ2v) is 2.86. The number of hydrogen-bond acceptors (Lipinski definition) is 3. The third kappa shape index (κ3) is 3.33. The van der Waals surface area contributed by atoms with Crippen molar-refractivity contribution in [3.05, 3.63) is 29.3 Å². The first-order chi connectivity index (χ1) is 7.95. The molecule has 0 aromatic heterocycles. The van der Waals surface area contributed by atoms with Crippen LogP contribution >= 0.6 is 0 Å². The van der Waals surface area contributed by atoms with Gasteiger partial charge in [0, 0.05) is 12.1 Å². The maximum atomic E-state index is 13.3. The minimum atomic E-state index is -3.21. The SMILES string of the molecule is CCOC(=O)c1c(F)cc(OC(F)F)cc1F. The summed E-state index contributed by atoms with van der Waals surface area (Å²) in [5.74, 6) is -4.55. The zero-order chi connectivity index (χ0) is 13.0. The van der Waals surface area contributed by atoms with E-state index in [4.69, 9.17) is 0 Å². The Morgan fingerprint density at radius 2 is 1.82 bits per heavy atom. The lowest BCUT2D eigenvalue weighted by atomic mass is 10.2. The van der Waals surface area contributed by atoms with Crippen molar-refractivity contribution in [1.82, 2.24) is 0 Å². The zero-order valence-electron chi connectivity index (χ0n) is 8.68. The molecule has 0 bridgehead atoms. The van der Waals surface area contributed by atoms with Crippen LogP contribution < -0.4 is 4.74 Å². The monoisotopic (exact) mass is 252 g/mol. The number of hydrogen-bond donors (Lipinski definition) is 0. The Morgan fingerprint density at radius 1 is 1.29 bits per heavy atom. The van der Waals surface area contributed by atoms with E-state index in [1.165, 1.54) is 6.92 Å². The fraction of sp³-hybridized carbons (Fsp3) is 0.300. The van der Waals surface area contributed by atoms with Crippen molar-refractivity contribution in [3.63, 3.8) is 0 Å². The van der Waals surface area contributed by atoms with Gasteiger partial charge < -0.3 is 9.47 Å². The minimum Gasteiger partial charge on any atom is -0.462 e. The number of esters is 1. The van der Waals surface area contributed by atoms with Gasteiger partial charge in [-0.3, -0.25) is 0 Å². The second-order valence-electron chi connectivity index (χ2n) is 2.86. The molecule has 1 aromatic rings. The molecular weight excluding hydrogens is 244 g/mol. The summed E-state index contributed by atoms with van der Waals surface area (Å²) in [6, 6.07) is 0.975. The Labute approximate surface area is 93.9 Å². The fourth-order valence-electron chi connectivity index (χ4n) is 1.12. The van der Waals surface area contributed by atoms with E-state index in [1.54, 1.807) is 0 Å². The Bertz CT molecular complexity index is 397. The van der Waals surface area contributed by atoms with Crippen molar-refractivity contribution in [3.8, 4) is 5.75 Å². The van der Waals surface area contributed by atoms with E-state index in [2.05, 4.69) is 9.47 Å². The molecule has 94 valence electrons. The molecule has 0 unspecified atom stereocenters. The number of carbonyl (C=O) groups excluding carboxylic acids is 1. The molecule has 3 nitrogen and oxygen atoms in total. The van der Waals surface area contributed by atoms with Crippen LogP contribution in [0.2, 0.25) is 0 Å². The van der Waals surface area contributed by atoms with Crippen LogP contribution in [0.5, 0.6) is 5.75 Å². The fourth-order valence-corrected chi connectivity index (χ4v) is 1.12. The van der Waals surface area contributed by atoms with Gasteiger partial charge >= 0.3 is 12.6 Å². The lowest BCUT2D eigenvalue weighted by molar-refractivity contribution is -0.0501. The lowest BCUT2D eigenvalue weighted by Crippen LogP contribution is -2.11. The third-order valence-corrected chi connectivity index (χ3v) is 1.72. The van der Waals surface area contributed by atoms with Crippen LogP contribution in [0.1, 0.15) is 17.3 Å². The van der Waals surface area contributed by atoms with Crippen molar-refractivity contribution in [2.24, 2.45) is 0 Å². The second kappa shape index (κ2) is 5.51. The smallest absolute Gasteiger partial charge is 0.387 e. The number of alkyl halides is 2. The molecule has 0 N–H and O–H groups in total. The molecule has 0 fully saturated rings. The maximum Gasteiger partial charge on any atom is 0.387 e. The molecule has 17 heavy (non-hydrogen) atoms. The predicted octanol–water partition coefficient (Wildman–Crippen LogP) is 2.74. The molecule has 0 atom stereocenters. The van der Waals surface area contributed by atoms with Gasteiger partial charge in [0.25, 0.3) is 0 Å². The molecular formula is C10H8F4O3. The first kappa shape index (κ1) is 13.3. The minimum absolute atomic E-state index is 0.0625. The van der Waals surface area contributed by atoms with Crippen LogP contribution in [-0.2, 0) is 4.74 Å². The molecule has 0 spiro atoms. The summed E-state index contributed by atoms with van der Waals surface area (Å²) in [6.07, 6.45) is 0. The van der Waals surface area contributed by atoms with E-state index in [9.17, 15) is 22.4 Å². The van der Waals surface area contributed by atoms with Crippen molar-refractivity contribution in [1.29, 1.82) is 0 Å². The molecule has 1 rings (SSSR count). The van der Waals surface area contributed by atoms with Gasteiger partial charge in [-0.15, -0.1) is 0 Å². The quantitative estimate of drug-likeness (QED) is 0.610. The third-order valence-electron chi connectivity index (χ3n) is 1.72. The molecule has 0 aliphatic heterocycles. The van der Waals surface area contributed by atoms with Crippen LogP contribution in [0.3, 0.4) is 0 Å². The zero-order valence-corrected chi connectivity index (χ0v) is 8.68. The van der Waals surface area contributed by atoms with Crippen molar-refractivity contribution in [2.45, 2.75) is 13.5 Å². The van der Waals surface area contributed by atoms with Gasteiger partial charge in [0.05, 0.1) is 6.61 Å². The number of carbonyl (C=O) groups is 1. The number of benzene rings is 1. The standard InChI is InChI=1S/C10H8F4O3/c1-2-16-9(15)8-6(11)3-5(4-7(8)12)17-10(13)14/h3-4,10H,2H2,1H3. The molecule has 0 aliphatic carbocycles. The summed E-state index contributed by atoms with van der Waals surface area (Å²) in [6.45, 7) is -1.81. The van der Waals surface area contributed by atoms with Gasteiger partial charge in [0.15, 0.2) is 0 Å². The Hall–Kier alpha value is -1.79. The average molecular weight is 252 g/mol. The summed E-state index contributed by atoms with van der Waals surface area (Å²) in [7, 11) is 0. The summed E-state index contributed by atoms with van der Waals surface area (Å²) >= 11 is 0. The highest BCUT2D eigenvalue weighted by Gasteiger charge is 2.21. The normalized spacial score (nSPS) is 10.5. The topological polar surface area (TPSA) is 35.5 Å². The van der Waals surface area contributed by atoms with Crippen molar-refractivity contribution < 1.29 is 31.8 Å².